The highest BCUT2D eigenvalue weighted by atomic mass is 16.2. The van der Waals surface area contributed by atoms with Crippen LogP contribution in [0.1, 0.15) is 51.5 Å². The monoisotopic (exact) mass is 331 g/mol. The highest BCUT2D eigenvalue weighted by molar-refractivity contribution is 5.74. The molecular weight excluding hydrogens is 298 g/mol. The van der Waals surface area contributed by atoms with Crippen molar-refractivity contribution in [1.29, 1.82) is 0 Å². The van der Waals surface area contributed by atoms with Crippen LogP contribution in [0.25, 0.3) is 0 Å². The fourth-order valence-electron chi connectivity index (χ4n) is 3.44. The third-order valence-corrected chi connectivity index (χ3v) is 4.70. The molecule has 0 saturated carbocycles. The number of amides is 2. The lowest BCUT2D eigenvalue weighted by atomic mass is 10.0. The highest BCUT2D eigenvalue weighted by Gasteiger charge is 2.27. The maximum Gasteiger partial charge on any atom is 0.317 e. The molecule has 0 bridgehead atoms. The van der Waals surface area contributed by atoms with Crippen LogP contribution in [-0.4, -0.2) is 48.1 Å². The van der Waals surface area contributed by atoms with Crippen LogP contribution in [0.4, 0.5) is 4.79 Å². The van der Waals surface area contributed by atoms with Crippen molar-refractivity contribution in [2.45, 2.75) is 58.5 Å². The van der Waals surface area contributed by atoms with E-state index in [-0.39, 0.29) is 6.03 Å². The van der Waals surface area contributed by atoms with Gasteiger partial charge in [-0.05, 0) is 37.8 Å². The molecular formula is C20H33N3O. The third-order valence-electron chi connectivity index (χ3n) is 4.70. The highest BCUT2D eigenvalue weighted by Crippen LogP contribution is 2.18. The van der Waals surface area contributed by atoms with Crippen molar-refractivity contribution in [2.24, 2.45) is 0 Å². The molecule has 1 heterocycles. The van der Waals surface area contributed by atoms with Crippen molar-refractivity contribution in [3.8, 4) is 0 Å². The van der Waals surface area contributed by atoms with Crippen LogP contribution in [0.15, 0.2) is 30.3 Å². The Morgan fingerprint density at radius 2 is 2.04 bits per heavy atom. The first-order valence-corrected chi connectivity index (χ1v) is 9.55. The smallest absolute Gasteiger partial charge is 0.317 e. The molecule has 1 atom stereocenters. The van der Waals surface area contributed by atoms with Gasteiger partial charge in [-0.15, -0.1) is 0 Å². The second kappa shape index (κ2) is 10.3. The number of urea groups is 1. The molecule has 1 fully saturated rings. The molecule has 1 aromatic carbocycles. The van der Waals surface area contributed by atoms with Gasteiger partial charge in [-0.25, -0.2) is 4.79 Å². The number of likely N-dealkylation sites (tertiary alicyclic amines) is 1. The number of hydrogen-bond acceptors (Lipinski definition) is 2. The van der Waals surface area contributed by atoms with Crippen LogP contribution in [-0.2, 0) is 6.54 Å². The summed E-state index contributed by atoms with van der Waals surface area (Å²) in [6.07, 6.45) is 5.46. The minimum Gasteiger partial charge on any atom is -0.338 e. The fourth-order valence-corrected chi connectivity index (χ4v) is 3.44. The molecule has 1 N–H and O–H groups in total. The Kier molecular flexibility index (Phi) is 8.10. The van der Waals surface area contributed by atoms with Crippen molar-refractivity contribution in [3.05, 3.63) is 35.9 Å². The SMILES string of the molecule is CCCCNC(=O)N(CCC)C1CCCN(Cc2ccccc2)C1. The number of piperidine rings is 1. The van der Waals surface area contributed by atoms with Gasteiger partial charge in [0.25, 0.3) is 0 Å². The van der Waals surface area contributed by atoms with E-state index in [1.165, 1.54) is 12.0 Å². The zero-order valence-electron chi connectivity index (χ0n) is 15.3. The molecule has 0 aromatic heterocycles. The summed E-state index contributed by atoms with van der Waals surface area (Å²) in [5.74, 6) is 0. The standard InChI is InChI=1S/C20H33N3O/c1-3-5-13-21-20(24)23(14-4-2)19-12-9-15-22(17-19)16-18-10-7-6-8-11-18/h6-8,10-11,19H,3-5,9,12-17H2,1-2H3,(H,21,24). The molecule has 2 amide bonds. The zero-order chi connectivity index (χ0) is 17.2. The first kappa shape index (κ1) is 18.8. The molecule has 1 saturated heterocycles. The third kappa shape index (κ3) is 5.82. The Morgan fingerprint density at radius 3 is 2.75 bits per heavy atom. The Morgan fingerprint density at radius 1 is 1.25 bits per heavy atom. The van der Waals surface area contributed by atoms with E-state index in [2.05, 4.69) is 59.3 Å². The number of hydrogen-bond donors (Lipinski definition) is 1. The molecule has 4 heteroatoms. The Hall–Kier alpha value is -1.55. The van der Waals surface area contributed by atoms with E-state index in [1.807, 2.05) is 0 Å². The second-order valence-corrected chi connectivity index (χ2v) is 6.80. The normalized spacial score (nSPS) is 18.3. The van der Waals surface area contributed by atoms with Gasteiger partial charge in [-0.3, -0.25) is 4.90 Å². The summed E-state index contributed by atoms with van der Waals surface area (Å²) in [5.41, 5.74) is 1.35. The van der Waals surface area contributed by atoms with Gasteiger partial charge in [-0.1, -0.05) is 50.6 Å². The topological polar surface area (TPSA) is 35.6 Å². The van der Waals surface area contributed by atoms with Gasteiger partial charge < -0.3 is 10.2 Å². The summed E-state index contributed by atoms with van der Waals surface area (Å²) in [5, 5.41) is 3.10. The minimum absolute atomic E-state index is 0.122. The summed E-state index contributed by atoms with van der Waals surface area (Å²) in [4.78, 5) is 17.1. The quantitative estimate of drug-likeness (QED) is 0.734. The number of carbonyl (C=O) groups is 1. The van der Waals surface area contributed by atoms with Gasteiger partial charge >= 0.3 is 6.03 Å². The van der Waals surface area contributed by atoms with Gasteiger partial charge in [0.1, 0.15) is 0 Å². The molecule has 2 rings (SSSR count). The van der Waals surface area contributed by atoms with Crippen LogP contribution in [0, 0.1) is 0 Å². The molecule has 1 aliphatic rings. The van der Waals surface area contributed by atoms with E-state index < -0.39 is 0 Å². The van der Waals surface area contributed by atoms with Gasteiger partial charge in [-0.2, -0.15) is 0 Å². The zero-order valence-corrected chi connectivity index (χ0v) is 15.3. The Bertz CT molecular complexity index is 477. The van der Waals surface area contributed by atoms with Gasteiger partial charge in [0.15, 0.2) is 0 Å². The van der Waals surface area contributed by atoms with Gasteiger partial charge in [0.2, 0.25) is 0 Å². The van der Waals surface area contributed by atoms with Crippen LogP contribution < -0.4 is 5.32 Å². The fraction of sp³-hybridized carbons (Fsp3) is 0.650. The summed E-state index contributed by atoms with van der Waals surface area (Å²) >= 11 is 0. The van der Waals surface area contributed by atoms with Crippen LogP contribution in [0.2, 0.25) is 0 Å². The van der Waals surface area contributed by atoms with Crippen molar-refractivity contribution in [3.63, 3.8) is 0 Å². The van der Waals surface area contributed by atoms with Crippen molar-refractivity contribution in [2.75, 3.05) is 26.2 Å². The predicted octanol–water partition coefficient (Wildman–Crippen LogP) is 3.87. The molecule has 4 nitrogen and oxygen atoms in total. The van der Waals surface area contributed by atoms with Gasteiger partial charge in [0.05, 0.1) is 0 Å². The number of rotatable bonds is 8. The van der Waals surface area contributed by atoms with E-state index in [9.17, 15) is 4.79 Å². The molecule has 1 unspecified atom stereocenters. The Labute approximate surface area is 147 Å². The largest absolute Gasteiger partial charge is 0.338 e. The van der Waals surface area contributed by atoms with Crippen LogP contribution >= 0.6 is 0 Å². The lowest BCUT2D eigenvalue weighted by molar-refractivity contribution is 0.107. The minimum atomic E-state index is 0.122. The first-order valence-electron chi connectivity index (χ1n) is 9.55. The summed E-state index contributed by atoms with van der Waals surface area (Å²) in [7, 11) is 0. The average Bonchev–Trinajstić information content (AvgIpc) is 2.61. The van der Waals surface area contributed by atoms with Crippen LogP contribution in [0.3, 0.4) is 0 Å². The van der Waals surface area contributed by atoms with E-state index in [0.717, 1.165) is 58.4 Å². The van der Waals surface area contributed by atoms with E-state index in [1.54, 1.807) is 0 Å². The molecule has 24 heavy (non-hydrogen) atoms. The molecule has 1 aromatic rings. The molecule has 1 aliphatic heterocycles. The molecule has 0 aliphatic carbocycles. The molecule has 0 radical (unpaired) electrons. The van der Waals surface area contributed by atoms with Gasteiger partial charge in [0, 0.05) is 32.2 Å². The first-order chi connectivity index (χ1) is 11.7. The van der Waals surface area contributed by atoms with E-state index in [0.29, 0.717) is 6.04 Å². The average molecular weight is 332 g/mol. The van der Waals surface area contributed by atoms with Crippen LogP contribution in [0.5, 0.6) is 0 Å². The predicted molar refractivity (Wildman–Crippen MR) is 100 cm³/mol. The van der Waals surface area contributed by atoms with Crippen molar-refractivity contribution in [1.82, 2.24) is 15.1 Å². The lowest BCUT2D eigenvalue weighted by Gasteiger charge is -2.39. The van der Waals surface area contributed by atoms with Crippen molar-refractivity contribution < 1.29 is 4.79 Å². The summed E-state index contributed by atoms with van der Waals surface area (Å²) < 4.78 is 0. The number of benzene rings is 1. The Balaban J connectivity index is 1.92. The van der Waals surface area contributed by atoms with E-state index >= 15 is 0 Å². The lowest BCUT2D eigenvalue weighted by Crippen LogP contribution is -2.53. The number of carbonyl (C=O) groups excluding carboxylic acids is 1. The van der Waals surface area contributed by atoms with Crippen molar-refractivity contribution >= 4 is 6.03 Å². The maximum atomic E-state index is 12.6. The number of unbranched alkanes of at least 4 members (excludes halogenated alkanes) is 1. The second-order valence-electron chi connectivity index (χ2n) is 6.80. The number of nitrogens with zero attached hydrogens (tertiary/aromatic N) is 2. The maximum absolute atomic E-state index is 12.6. The molecule has 0 spiro atoms. The summed E-state index contributed by atoms with van der Waals surface area (Å²) in [6.45, 7) is 9.03. The van der Waals surface area contributed by atoms with E-state index in [4.69, 9.17) is 0 Å². The molecule has 134 valence electrons. The number of nitrogens with one attached hydrogen (secondary N) is 1. The summed E-state index contributed by atoms with van der Waals surface area (Å²) in [6, 6.07) is 11.1.